The molecule has 0 aliphatic heterocycles. The molecule has 0 amide bonds. The van der Waals surface area contributed by atoms with E-state index in [0.29, 0.717) is 6.61 Å². The van der Waals surface area contributed by atoms with E-state index in [1.165, 1.54) is 0 Å². The highest BCUT2D eigenvalue weighted by atomic mass is 16.5. The number of hydrogen-bond donors (Lipinski definition) is 1. The van der Waals surface area contributed by atoms with Crippen LogP contribution in [0.1, 0.15) is 31.2 Å². The second-order valence-corrected chi connectivity index (χ2v) is 4.55. The van der Waals surface area contributed by atoms with Crippen LogP contribution >= 0.6 is 0 Å². The van der Waals surface area contributed by atoms with Crippen molar-refractivity contribution in [2.45, 2.75) is 37.8 Å². The van der Waals surface area contributed by atoms with Gasteiger partial charge in [-0.25, -0.2) is 4.79 Å². The largest absolute Gasteiger partial charge is 0.456 e. The lowest BCUT2D eigenvalue weighted by Gasteiger charge is -2.17. The van der Waals surface area contributed by atoms with Crippen LogP contribution < -0.4 is 5.73 Å². The molecule has 1 aliphatic rings. The van der Waals surface area contributed by atoms with Crippen LogP contribution in [-0.4, -0.2) is 11.5 Å². The van der Waals surface area contributed by atoms with Crippen LogP contribution in [0.2, 0.25) is 0 Å². The van der Waals surface area contributed by atoms with E-state index in [4.69, 9.17) is 4.74 Å². The second kappa shape index (κ2) is 4.66. The SMILES string of the molecule is [NH3+]C1(C(=O)OCc2ccccc2)CCCC1. The number of rotatable bonds is 3. The maximum Gasteiger partial charge on any atom is 0.368 e. The van der Waals surface area contributed by atoms with Crippen LogP contribution in [0.25, 0.3) is 0 Å². The number of carbonyl (C=O) groups excluding carboxylic acids is 1. The first-order valence-corrected chi connectivity index (χ1v) is 5.77. The molecule has 86 valence electrons. The Labute approximate surface area is 95.6 Å². The molecule has 0 unspecified atom stereocenters. The van der Waals surface area contributed by atoms with E-state index < -0.39 is 5.54 Å². The molecule has 2 rings (SSSR count). The number of esters is 1. The van der Waals surface area contributed by atoms with Gasteiger partial charge < -0.3 is 10.5 Å². The molecule has 0 bridgehead atoms. The lowest BCUT2D eigenvalue weighted by molar-refractivity contribution is -0.460. The summed E-state index contributed by atoms with van der Waals surface area (Å²) < 4.78 is 5.31. The van der Waals surface area contributed by atoms with E-state index in [-0.39, 0.29) is 5.97 Å². The van der Waals surface area contributed by atoms with Gasteiger partial charge >= 0.3 is 5.97 Å². The third kappa shape index (κ3) is 2.42. The number of quaternary nitrogens is 1. The molecular formula is C13H18NO2+. The first kappa shape index (κ1) is 11.1. The molecule has 1 saturated carbocycles. The number of ether oxygens (including phenoxy) is 1. The number of benzene rings is 1. The molecule has 16 heavy (non-hydrogen) atoms. The highest BCUT2D eigenvalue weighted by Gasteiger charge is 2.42. The fraction of sp³-hybridized carbons (Fsp3) is 0.462. The van der Waals surface area contributed by atoms with E-state index in [2.05, 4.69) is 5.73 Å². The van der Waals surface area contributed by atoms with Gasteiger partial charge in [-0.3, -0.25) is 0 Å². The minimum atomic E-state index is -0.477. The summed E-state index contributed by atoms with van der Waals surface area (Å²) in [6.45, 7) is 0.358. The summed E-state index contributed by atoms with van der Waals surface area (Å²) in [6, 6.07) is 9.75. The van der Waals surface area contributed by atoms with Crippen LogP contribution in [0.15, 0.2) is 30.3 Å². The van der Waals surface area contributed by atoms with Crippen LogP contribution in [0.3, 0.4) is 0 Å². The summed E-state index contributed by atoms with van der Waals surface area (Å²) in [6.07, 6.45) is 3.90. The van der Waals surface area contributed by atoms with Crippen molar-refractivity contribution in [3.8, 4) is 0 Å². The Balaban J connectivity index is 1.89. The van der Waals surface area contributed by atoms with Crippen molar-refractivity contribution >= 4 is 5.97 Å². The van der Waals surface area contributed by atoms with Gasteiger partial charge in [-0.05, 0) is 18.4 Å². The molecule has 3 N–H and O–H groups in total. The van der Waals surface area contributed by atoms with E-state index >= 15 is 0 Å². The summed E-state index contributed by atoms with van der Waals surface area (Å²) in [5.74, 6) is -0.145. The Hall–Kier alpha value is -1.35. The molecule has 1 aromatic rings. The van der Waals surface area contributed by atoms with Crippen LogP contribution in [0.4, 0.5) is 0 Å². The average Bonchev–Trinajstić information content (AvgIpc) is 2.76. The van der Waals surface area contributed by atoms with E-state index in [1.807, 2.05) is 30.3 Å². The van der Waals surface area contributed by atoms with E-state index in [0.717, 1.165) is 31.2 Å². The lowest BCUT2D eigenvalue weighted by atomic mass is 10.00. The van der Waals surface area contributed by atoms with Crippen molar-refractivity contribution < 1.29 is 15.3 Å². The third-order valence-electron chi connectivity index (χ3n) is 3.21. The van der Waals surface area contributed by atoms with Gasteiger partial charge in [0, 0.05) is 12.8 Å². The summed E-state index contributed by atoms with van der Waals surface area (Å²) in [5, 5.41) is 0. The Kier molecular flexibility index (Phi) is 3.25. The average molecular weight is 220 g/mol. The summed E-state index contributed by atoms with van der Waals surface area (Å²) in [7, 11) is 0. The van der Waals surface area contributed by atoms with Gasteiger partial charge in [0.15, 0.2) is 5.54 Å². The van der Waals surface area contributed by atoms with E-state index in [1.54, 1.807) is 0 Å². The van der Waals surface area contributed by atoms with Crippen molar-refractivity contribution in [1.29, 1.82) is 0 Å². The number of carbonyl (C=O) groups is 1. The predicted octanol–water partition coefficient (Wildman–Crippen LogP) is 1.28. The van der Waals surface area contributed by atoms with Gasteiger partial charge in [0.2, 0.25) is 0 Å². The monoisotopic (exact) mass is 220 g/mol. The molecule has 1 aromatic carbocycles. The van der Waals surface area contributed by atoms with Crippen molar-refractivity contribution in [3.63, 3.8) is 0 Å². The molecule has 0 heterocycles. The molecule has 1 aliphatic carbocycles. The van der Waals surface area contributed by atoms with Gasteiger partial charge in [-0.15, -0.1) is 0 Å². The highest BCUT2D eigenvalue weighted by molar-refractivity contribution is 5.79. The topological polar surface area (TPSA) is 53.9 Å². The van der Waals surface area contributed by atoms with Crippen molar-refractivity contribution in [3.05, 3.63) is 35.9 Å². The molecule has 0 spiro atoms. The molecule has 0 aromatic heterocycles. The van der Waals surface area contributed by atoms with Crippen LogP contribution in [0.5, 0.6) is 0 Å². The molecule has 3 heteroatoms. The van der Waals surface area contributed by atoms with Crippen LogP contribution in [-0.2, 0) is 16.1 Å². The first-order chi connectivity index (χ1) is 7.71. The molecule has 3 nitrogen and oxygen atoms in total. The van der Waals surface area contributed by atoms with Crippen molar-refractivity contribution in [2.24, 2.45) is 0 Å². The zero-order chi connectivity index (χ0) is 11.4. The third-order valence-corrected chi connectivity index (χ3v) is 3.21. The minimum absolute atomic E-state index is 0.145. The standard InChI is InChI=1S/C13H17NO2/c14-13(8-4-5-9-13)12(15)16-10-11-6-2-1-3-7-11/h1-3,6-7H,4-5,8-10,14H2/p+1. The zero-order valence-corrected chi connectivity index (χ0v) is 9.45. The Morgan fingerprint density at radius 1 is 1.25 bits per heavy atom. The normalized spacial score (nSPS) is 18.3. The summed E-state index contributed by atoms with van der Waals surface area (Å²) in [4.78, 5) is 11.9. The lowest BCUT2D eigenvalue weighted by Crippen LogP contribution is -2.75. The maximum absolute atomic E-state index is 11.9. The quantitative estimate of drug-likeness (QED) is 0.780. The van der Waals surface area contributed by atoms with Gasteiger partial charge in [0.1, 0.15) is 6.61 Å². The molecule has 1 fully saturated rings. The summed E-state index contributed by atoms with van der Waals surface area (Å²) in [5.41, 5.74) is 4.55. The smallest absolute Gasteiger partial charge is 0.368 e. The maximum atomic E-state index is 11.9. The Bertz CT molecular complexity index is 355. The first-order valence-electron chi connectivity index (χ1n) is 5.77. The fourth-order valence-corrected chi connectivity index (χ4v) is 2.13. The van der Waals surface area contributed by atoms with Gasteiger partial charge in [0.25, 0.3) is 0 Å². The van der Waals surface area contributed by atoms with Gasteiger partial charge in [-0.2, -0.15) is 0 Å². The van der Waals surface area contributed by atoms with Crippen LogP contribution in [0, 0.1) is 0 Å². The van der Waals surface area contributed by atoms with Crippen molar-refractivity contribution in [2.75, 3.05) is 0 Å². The Morgan fingerprint density at radius 2 is 1.88 bits per heavy atom. The summed E-state index contributed by atoms with van der Waals surface area (Å²) >= 11 is 0. The van der Waals surface area contributed by atoms with Crippen molar-refractivity contribution in [1.82, 2.24) is 0 Å². The molecular weight excluding hydrogens is 202 g/mol. The van der Waals surface area contributed by atoms with Gasteiger partial charge in [-0.1, -0.05) is 30.3 Å². The highest BCUT2D eigenvalue weighted by Crippen LogP contribution is 2.26. The molecule has 0 saturated heterocycles. The molecule has 0 atom stereocenters. The predicted molar refractivity (Wildman–Crippen MR) is 60.3 cm³/mol. The minimum Gasteiger partial charge on any atom is -0.456 e. The zero-order valence-electron chi connectivity index (χ0n) is 9.45. The Morgan fingerprint density at radius 3 is 2.50 bits per heavy atom. The second-order valence-electron chi connectivity index (χ2n) is 4.55. The molecule has 0 radical (unpaired) electrons. The number of hydrogen-bond acceptors (Lipinski definition) is 2. The van der Waals surface area contributed by atoms with E-state index in [9.17, 15) is 4.79 Å². The van der Waals surface area contributed by atoms with Gasteiger partial charge in [0.05, 0.1) is 0 Å². The fourth-order valence-electron chi connectivity index (χ4n) is 2.13.